The number of benzene rings is 1. The van der Waals surface area contributed by atoms with Crippen LogP contribution in [0.4, 0.5) is 0 Å². The molecule has 1 atom stereocenters. The monoisotopic (exact) mass is 299 g/mol. The van der Waals surface area contributed by atoms with E-state index in [1.54, 1.807) is 7.11 Å². The van der Waals surface area contributed by atoms with Crippen molar-refractivity contribution in [3.05, 3.63) is 22.7 Å². The van der Waals surface area contributed by atoms with E-state index in [-0.39, 0.29) is 0 Å². The Morgan fingerprint density at radius 2 is 2.30 bits per heavy atom. The molecule has 0 radical (unpaired) electrons. The van der Waals surface area contributed by atoms with Gasteiger partial charge in [-0.2, -0.15) is 0 Å². The highest BCUT2D eigenvalue weighted by Gasteiger charge is 2.15. The van der Waals surface area contributed by atoms with Gasteiger partial charge < -0.3 is 19.9 Å². The molecule has 0 saturated carbocycles. The van der Waals surface area contributed by atoms with Crippen LogP contribution in [0, 0.1) is 0 Å². The van der Waals surface area contributed by atoms with Gasteiger partial charge in [0.1, 0.15) is 0 Å². The molecule has 112 valence electrons. The lowest BCUT2D eigenvalue weighted by molar-refractivity contribution is 0.0980. The van der Waals surface area contributed by atoms with E-state index in [4.69, 9.17) is 31.5 Å². The molecule has 2 N–H and O–H groups in total. The van der Waals surface area contributed by atoms with E-state index in [0.717, 1.165) is 31.4 Å². The van der Waals surface area contributed by atoms with Crippen LogP contribution in [0.25, 0.3) is 0 Å². The first-order valence-corrected chi connectivity index (χ1v) is 7.43. The molecule has 4 nitrogen and oxygen atoms in total. The number of hydrogen-bond donors (Lipinski definition) is 1. The summed E-state index contributed by atoms with van der Waals surface area (Å²) in [5.41, 5.74) is 6.54. The molecule has 0 amide bonds. The Hall–Kier alpha value is -0.970. The van der Waals surface area contributed by atoms with Crippen molar-refractivity contribution in [2.45, 2.75) is 38.3 Å². The third kappa shape index (κ3) is 4.01. The van der Waals surface area contributed by atoms with Crippen molar-refractivity contribution in [3.63, 3.8) is 0 Å². The molecule has 1 unspecified atom stereocenters. The molecule has 1 aromatic carbocycles. The molecule has 5 heteroatoms. The SMILES string of the molecule is COc1cc(CN)cc(Cl)c1OCCCC1CCCO1. The van der Waals surface area contributed by atoms with E-state index in [0.29, 0.717) is 35.8 Å². The lowest BCUT2D eigenvalue weighted by atomic mass is 10.1. The van der Waals surface area contributed by atoms with Crippen LogP contribution in [0.2, 0.25) is 5.02 Å². The molecule has 0 spiro atoms. The quantitative estimate of drug-likeness (QED) is 0.786. The summed E-state index contributed by atoms with van der Waals surface area (Å²) in [4.78, 5) is 0. The van der Waals surface area contributed by atoms with Gasteiger partial charge in [-0.15, -0.1) is 0 Å². The Kier molecular flexibility index (Phi) is 5.95. The number of methoxy groups -OCH3 is 1. The summed E-state index contributed by atoms with van der Waals surface area (Å²) >= 11 is 6.21. The summed E-state index contributed by atoms with van der Waals surface area (Å²) in [6.45, 7) is 1.93. The summed E-state index contributed by atoms with van der Waals surface area (Å²) < 4.78 is 16.7. The minimum atomic E-state index is 0.399. The average Bonchev–Trinajstić information content (AvgIpc) is 2.97. The standard InChI is InChI=1S/C15H22ClNO3/c1-18-14-9-11(10-17)8-13(16)15(14)20-7-3-5-12-4-2-6-19-12/h8-9,12H,2-7,10,17H2,1H3. The molecule has 1 heterocycles. The van der Waals surface area contributed by atoms with Gasteiger partial charge in [0.2, 0.25) is 0 Å². The number of halogens is 1. The highest BCUT2D eigenvalue weighted by atomic mass is 35.5. The van der Waals surface area contributed by atoms with E-state index in [9.17, 15) is 0 Å². The Morgan fingerprint density at radius 3 is 2.95 bits per heavy atom. The van der Waals surface area contributed by atoms with E-state index in [1.807, 2.05) is 12.1 Å². The van der Waals surface area contributed by atoms with Crippen molar-refractivity contribution in [3.8, 4) is 11.5 Å². The number of rotatable bonds is 7. The Bertz CT molecular complexity index is 433. The number of hydrogen-bond acceptors (Lipinski definition) is 4. The second kappa shape index (κ2) is 7.72. The third-order valence-corrected chi connectivity index (χ3v) is 3.75. The van der Waals surface area contributed by atoms with Crippen molar-refractivity contribution in [1.29, 1.82) is 0 Å². The zero-order valence-corrected chi connectivity index (χ0v) is 12.6. The maximum atomic E-state index is 6.21. The summed E-state index contributed by atoms with van der Waals surface area (Å²) in [5, 5.41) is 0.543. The normalized spacial score (nSPS) is 18.2. The minimum absolute atomic E-state index is 0.399. The van der Waals surface area contributed by atoms with Gasteiger partial charge in [0, 0.05) is 13.2 Å². The van der Waals surface area contributed by atoms with Gasteiger partial charge in [0.25, 0.3) is 0 Å². The molecular weight excluding hydrogens is 278 g/mol. The van der Waals surface area contributed by atoms with Crippen LogP contribution in [0.1, 0.15) is 31.2 Å². The lowest BCUT2D eigenvalue weighted by Crippen LogP contribution is -2.08. The van der Waals surface area contributed by atoms with Crippen LogP contribution >= 0.6 is 11.6 Å². The van der Waals surface area contributed by atoms with Crippen LogP contribution in [0.3, 0.4) is 0 Å². The molecule has 1 fully saturated rings. The maximum absolute atomic E-state index is 6.21. The van der Waals surface area contributed by atoms with Gasteiger partial charge in [0.05, 0.1) is 24.8 Å². The van der Waals surface area contributed by atoms with Crippen molar-refractivity contribution in [1.82, 2.24) is 0 Å². The second-order valence-electron chi connectivity index (χ2n) is 4.94. The molecule has 1 aromatic rings. The fourth-order valence-corrected chi connectivity index (χ4v) is 2.68. The van der Waals surface area contributed by atoms with Crippen molar-refractivity contribution < 1.29 is 14.2 Å². The topological polar surface area (TPSA) is 53.7 Å². The predicted molar refractivity (Wildman–Crippen MR) is 79.6 cm³/mol. The minimum Gasteiger partial charge on any atom is -0.493 e. The van der Waals surface area contributed by atoms with Gasteiger partial charge in [-0.25, -0.2) is 0 Å². The van der Waals surface area contributed by atoms with Gasteiger partial charge in [0.15, 0.2) is 11.5 Å². The smallest absolute Gasteiger partial charge is 0.179 e. The second-order valence-corrected chi connectivity index (χ2v) is 5.35. The largest absolute Gasteiger partial charge is 0.493 e. The van der Waals surface area contributed by atoms with Crippen LogP contribution in [-0.4, -0.2) is 26.4 Å². The van der Waals surface area contributed by atoms with Crippen molar-refractivity contribution in [2.24, 2.45) is 5.73 Å². The number of ether oxygens (including phenoxy) is 3. The first kappa shape index (κ1) is 15.4. The van der Waals surface area contributed by atoms with Crippen molar-refractivity contribution in [2.75, 3.05) is 20.3 Å². The van der Waals surface area contributed by atoms with Crippen LogP contribution < -0.4 is 15.2 Å². The molecule has 1 aliphatic heterocycles. The predicted octanol–water partition coefficient (Wildman–Crippen LogP) is 3.15. The molecule has 0 bridgehead atoms. The van der Waals surface area contributed by atoms with E-state index < -0.39 is 0 Å². The van der Waals surface area contributed by atoms with Gasteiger partial charge >= 0.3 is 0 Å². The van der Waals surface area contributed by atoms with Gasteiger partial charge in [-0.05, 0) is 43.4 Å². The average molecular weight is 300 g/mol. The first-order chi connectivity index (χ1) is 9.74. The van der Waals surface area contributed by atoms with Gasteiger partial charge in [-0.3, -0.25) is 0 Å². The molecule has 0 aromatic heterocycles. The molecule has 1 saturated heterocycles. The summed E-state index contributed by atoms with van der Waals surface area (Å²) in [6.07, 6.45) is 4.71. The Balaban J connectivity index is 1.87. The molecule has 1 aliphatic rings. The lowest BCUT2D eigenvalue weighted by Gasteiger charge is -2.14. The Labute approximate surface area is 125 Å². The van der Waals surface area contributed by atoms with Crippen molar-refractivity contribution >= 4 is 11.6 Å². The van der Waals surface area contributed by atoms with E-state index in [2.05, 4.69) is 0 Å². The van der Waals surface area contributed by atoms with Gasteiger partial charge in [-0.1, -0.05) is 11.6 Å². The van der Waals surface area contributed by atoms with E-state index in [1.165, 1.54) is 6.42 Å². The highest BCUT2D eigenvalue weighted by molar-refractivity contribution is 6.32. The summed E-state index contributed by atoms with van der Waals surface area (Å²) in [5.74, 6) is 1.23. The Morgan fingerprint density at radius 1 is 1.45 bits per heavy atom. The zero-order chi connectivity index (χ0) is 14.4. The fourth-order valence-electron chi connectivity index (χ4n) is 2.39. The third-order valence-electron chi connectivity index (χ3n) is 3.47. The fraction of sp³-hybridized carbons (Fsp3) is 0.600. The highest BCUT2D eigenvalue weighted by Crippen LogP contribution is 2.36. The van der Waals surface area contributed by atoms with Crippen LogP contribution in [-0.2, 0) is 11.3 Å². The van der Waals surface area contributed by atoms with Crippen LogP contribution in [0.15, 0.2) is 12.1 Å². The molecular formula is C15H22ClNO3. The maximum Gasteiger partial charge on any atom is 0.179 e. The first-order valence-electron chi connectivity index (χ1n) is 7.05. The molecule has 0 aliphatic carbocycles. The summed E-state index contributed by atoms with van der Waals surface area (Å²) in [7, 11) is 1.60. The van der Waals surface area contributed by atoms with E-state index >= 15 is 0 Å². The van der Waals surface area contributed by atoms with Crippen LogP contribution in [0.5, 0.6) is 11.5 Å². The molecule has 20 heavy (non-hydrogen) atoms. The number of nitrogens with two attached hydrogens (primary N) is 1. The molecule has 2 rings (SSSR count). The summed E-state index contributed by atoms with van der Waals surface area (Å²) in [6, 6.07) is 3.68. The zero-order valence-electron chi connectivity index (χ0n) is 11.9.